The number of carbonyl (C=O) groups is 1. The Hall–Kier alpha value is -0.240. The molecule has 0 aromatic heterocycles. The summed E-state index contributed by atoms with van der Waals surface area (Å²) in [5.41, 5.74) is 0. The molecule has 1 fully saturated rings. The van der Waals surface area contributed by atoms with Crippen molar-refractivity contribution in [2.45, 2.75) is 12.8 Å². The standard InChI is InChI=1S/C8H10OS/c9-8(10)7-4-5-1-2-6(7)3-5/h1-2,5-7H,3-4H2,(H,9,10). The molecule has 2 bridgehead atoms. The first-order chi connectivity index (χ1) is 4.77. The van der Waals surface area contributed by atoms with Crippen LogP contribution in [0.5, 0.6) is 0 Å². The molecule has 0 radical (unpaired) electrons. The van der Waals surface area contributed by atoms with Crippen LogP contribution in [0.25, 0.3) is 0 Å². The summed E-state index contributed by atoms with van der Waals surface area (Å²) in [5, 5.41) is 0.0804. The molecule has 0 N–H and O–H groups in total. The summed E-state index contributed by atoms with van der Waals surface area (Å²) >= 11 is 3.85. The van der Waals surface area contributed by atoms with Crippen LogP contribution in [0.2, 0.25) is 0 Å². The Morgan fingerprint density at radius 1 is 1.40 bits per heavy atom. The molecule has 1 saturated carbocycles. The molecule has 1 nitrogen and oxygen atoms in total. The summed E-state index contributed by atoms with van der Waals surface area (Å²) in [6.07, 6.45) is 6.64. The van der Waals surface area contributed by atoms with Crippen molar-refractivity contribution in [1.82, 2.24) is 0 Å². The van der Waals surface area contributed by atoms with Crippen molar-refractivity contribution in [2.24, 2.45) is 17.8 Å². The molecule has 0 heterocycles. The van der Waals surface area contributed by atoms with Crippen LogP contribution in [-0.4, -0.2) is 5.12 Å². The first kappa shape index (κ1) is 6.47. The van der Waals surface area contributed by atoms with Crippen LogP contribution in [0.1, 0.15) is 12.8 Å². The van der Waals surface area contributed by atoms with Crippen molar-refractivity contribution in [3.8, 4) is 0 Å². The van der Waals surface area contributed by atoms with Gasteiger partial charge < -0.3 is 0 Å². The molecule has 2 aliphatic carbocycles. The van der Waals surface area contributed by atoms with Gasteiger partial charge in [0.2, 0.25) is 0 Å². The Kier molecular flexibility index (Phi) is 1.37. The molecule has 0 saturated heterocycles. The maximum Gasteiger partial charge on any atom is 0.189 e. The monoisotopic (exact) mass is 154 g/mol. The van der Waals surface area contributed by atoms with Gasteiger partial charge in [0.05, 0.1) is 0 Å². The Morgan fingerprint density at radius 2 is 2.20 bits per heavy atom. The molecule has 2 rings (SSSR count). The van der Waals surface area contributed by atoms with Gasteiger partial charge in [-0.3, -0.25) is 4.79 Å². The smallest absolute Gasteiger partial charge is 0.189 e. The molecule has 0 spiro atoms. The zero-order valence-corrected chi connectivity index (χ0v) is 6.55. The number of rotatable bonds is 1. The number of carbonyl (C=O) groups excluding carboxylic acids is 1. The summed E-state index contributed by atoms with van der Waals surface area (Å²) in [6, 6.07) is 0. The van der Waals surface area contributed by atoms with Gasteiger partial charge in [-0.15, -0.1) is 12.6 Å². The number of fused-ring (bicyclic) bond motifs is 2. The van der Waals surface area contributed by atoms with Gasteiger partial charge in [-0.1, -0.05) is 12.2 Å². The molecule has 3 atom stereocenters. The molecular formula is C8H10OS. The van der Waals surface area contributed by atoms with Crippen molar-refractivity contribution >= 4 is 17.7 Å². The molecule has 0 aromatic rings. The zero-order chi connectivity index (χ0) is 7.14. The van der Waals surface area contributed by atoms with Crippen LogP contribution >= 0.6 is 12.6 Å². The number of hydrogen-bond acceptors (Lipinski definition) is 1. The average molecular weight is 154 g/mol. The van der Waals surface area contributed by atoms with E-state index in [0.717, 1.165) is 6.42 Å². The summed E-state index contributed by atoms with van der Waals surface area (Å²) in [4.78, 5) is 10.9. The minimum Gasteiger partial charge on any atom is -0.287 e. The van der Waals surface area contributed by atoms with Crippen LogP contribution in [0.4, 0.5) is 0 Å². The van der Waals surface area contributed by atoms with Crippen molar-refractivity contribution in [3.05, 3.63) is 12.2 Å². The molecule has 0 aliphatic heterocycles. The van der Waals surface area contributed by atoms with Gasteiger partial charge in [0, 0.05) is 5.92 Å². The quantitative estimate of drug-likeness (QED) is 0.449. The highest BCUT2D eigenvalue weighted by molar-refractivity contribution is 7.96. The molecule has 2 aliphatic rings. The third-order valence-electron chi connectivity index (χ3n) is 2.60. The minimum absolute atomic E-state index is 0.0804. The number of thiol groups is 1. The molecule has 54 valence electrons. The van der Waals surface area contributed by atoms with E-state index in [1.54, 1.807) is 0 Å². The molecule has 10 heavy (non-hydrogen) atoms. The van der Waals surface area contributed by atoms with Crippen LogP contribution < -0.4 is 0 Å². The van der Waals surface area contributed by atoms with E-state index in [4.69, 9.17) is 0 Å². The predicted molar refractivity (Wildman–Crippen MR) is 42.8 cm³/mol. The second kappa shape index (κ2) is 2.12. The lowest BCUT2D eigenvalue weighted by atomic mass is 9.95. The maximum atomic E-state index is 10.9. The highest BCUT2D eigenvalue weighted by atomic mass is 32.1. The fourth-order valence-electron chi connectivity index (χ4n) is 2.06. The van der Waals surface area contributed by atoms with E-state index in [1.807, 2.05) is 0 Å². The maximum absolute atomic E-state index is 10.9. The van der Waals surface area contributed by atoms with Crippen LogP contribution in [-0.2, 0) is 4.79 Å². The van der Waals surface area contributed by atoms with Gasteiger partial charge in [0.15, 0.2) is 5.12 Å². The number of allylic oxidation sites excluding steroid dienone is 2. The zero-order valence-electron chi connectivity index (χ0n) is 5.66. The lowest BCUT2D eigenvalue weighted by Crippen LogP contribution is -2.13. The molecule has 0 amide bonds. The topological polar surface area (TPSA) is 17.1 Å². The van der Waals surface area contributed by atoms with Crippen molar-refractivity contribution < 1.29 is 4.79 Å². The van der Waals surface area contributed by atoms with E-state index in [9.17, 15) is 4.79 Å². The largest absolute Gasteiger partial charge is 0.287 e. The fraction of sp³-hybridized carbons (Fsp3) is 0.625. The average Bonchev–Trinajstić information content (AvgIpc) is 2.44. The second-order valence-corrected chi connectivity index (χ2v) is 3.67. The Labute approximate surface area is 65.9 Å². The van der Waals surface area contributed by atoms with Gasteiger partial charge in [-0.05, 0) is 24.7 Å². The van der Waals surface area contributed by atoms with E-state index in [2.05, 4.69) is 24.8 Å². The van der Waals surface area contributed by atoms with Gasteiger partial charge in [0.25, 0.3) is 0 Å². The van der Waals surface area contributed by atoms with Crippen molar-refractivity contribution in [1.29, 1.82) is 0 Å². The van der Waals surface area contributed by atoms with Crippen LogP contribution in [0, 0.1) is 17.8 Å². The molecule has 0 aromatic carbocycles. The molecular weight excluding hydrogens is 144 g/mol. The highest BCUT2D eigenvalue weighted by Gasteiger charge is 2.38. The van der Waals surface area contributed by atoms with Crippen molar-refractivity contribution in [2.75, 3.05) is 0 Å². The van der Waals surface area contributed by atoms with Gasteiger partial charge in [-0.2, -0.15) is 0 Å². The second-order valence-electron chi connectivity index (χ2n) is 3.22. The Balaban J connectivity index is 2.16. The predicted octanol–water partition coefficient (Wildman–Crippen LogP) is 1.66. The van der Waals surface area contributed by atoms with Gasteiger partial charge in [0.1, 0.15) is 0 Å². The van der Waals surface area contributed by atoms with Gasteiger partial charge in [-0.25, -0.2) is 0 Å². The summed E-state index contributed by atoms with van der Waals surface area (Å²) < 4.78 is 0. The third kappa shape index (κ3) is 0.823. The van der Waals surface area contributed by atoms with E-state index in [-0.39, 0.29) is 11.0 Å². The molecule has 3 unspecified atom stereocenters. The van der Waals surface area contributed by atoms with E-state index in [0.29, 0.717) is 11.8 Å². The lowest BCUT2D eigenvalue weighted by molar-refractivity contribution is -0.114. The fourth-order valence-corrected chi connectivity index (χ4v) is 2.36. The van der Waals surface area contributed by atoms with E-state index in [1.165, 1.54) is 6.42 Å². The summed E-state index contributed by atoms with van der Waals surface area (Å²) in [5.74, 6) is 1.44. The lowest BCUT2D eigenvalue weighted by Gasteiger charge is -2.12. The first-order valence-corrected chi connectivity index (χ1v) is 4.13. The SMILES string of the molecule is O=C(S)C1CC2C=CC1C2. The molecule has 2 heteroatoms. The number of hydrogen-bond donors (Lipinski definition) is 1. The first-order valence-electron chi connectivity index (χ1n) is 3.68. The normalized spacial score (nSPS) is 42.7. The highest BCUT2D eigenvalue weighted by Crippen LogP contribution is 2.44. The minimum atomic E-state index is 0.0804. The third-order valence-corrected chi connectivity index (χ3v) is 2.93. The van der Waals surface area contributed by atoms with E-state index >= 15 is 0 Å². The summed E-state index contributed by atoms with van der Waals surface area (Å²) in [7, 11) is 0. The Bertz CT molecular complexity index is 197. The summed E-state index contributed by atoms with van der Waals surface area (Å²) in [6.45, 7) is 0. The van der Waals surface area contributed by atoms with Crippen LogP contribution in [0.3, 0.4) is 0 Å². The van der Waals surface area contributed by atoms with Gasteiger partial charge >= 0.3 is 0 Å². The van der Waals surface area contributed by atoms with Crippen LogP contribution in [0.15, 0.2) is 12.2 Å². The van der Waals surface area contributed by atoms with E-state index < -0.39 is 0 Å². The Morgan fingerprint density at radius 3 is 2.50 bits per heavy atom. The van der Waals surface area contributed by atoms with Crippen molar-refractivity contribution in [3.63, 3.8) is 0 Å².